The predicted molar refractivity (Wildman–Crippen MR) is 69.6 cm³/mol. The third kappa shape index (κ3) is 5.75. The first-order valence-electron chi connectivity index (χ1n) is 6.17. The molecule has 5 heteroatoms. The first kappa shape index (κ1) is 17.5. The molecule has 1 aromatic rings. The van der Waals surface area contributed by atoms with Crippen LogP contribution in [0.1, 0.15) is 44.9 Å². The van der Waals surface area contributed by atoms with Gasteiger partial charge in [0, 0.05) is 6.04 Å². The molecule has 106 valence electrons. The number of nitrogens with zero attached hydrogens (tertiary/aromatic N) is 1. The Kier molecular flexibility index (Phi) is 7.17. The summed E-state index contributed by atoms with van der Waals surface area (Å²) in [5, 5.41) is 11.1. The minimum absolute atomic E-state index is 0.116. The maximum Gasteiger partial charge on any atom is 0.407 e. The van der Waals surface area contributed by atoms with Gasteiger partial charge in [-0.15, -0.1) is 0 Å². The SMILES string of the molecule is CC.CC(C)NC(c1ccc(C#N)cc1)C(F)(F)F. The molecule has 0 radical (unpaired) electrons. The molecule has 2 nitrogen and oxygen atoms in total. The summed E-state index contributed by atoms with van der Waals surface area (Å²) < 4.78 is 38.5. The number of halogens is 3. The van der Waals surface area contributed by atoms with E-state index in [9.17, 15) is 13.2 Å². The van der Waals surface area contributed by atoms with Crippen LogP contribution >= 0.6 is 0 Å². The average Bonchev–Trinajstić information content (AvgIpc) is 2.37. The fraction of sp³-hybridized carbons (Fsp3) is 0.500. The predicted octanol–water partition coefficient (Wildman–Crippen LogP) is 4.19. The first-order chi connectivity index (χ1) is 8.84. The molecule has 1 N–H and O–H groups in total. The Hall–Kier alpha value is -1.54. The zero-order valence-electron chi connectivity index (χ0n) is 11.5. The Labute approximate surface area is 112 Å². The molecule has 1 unspecified atom stereocenters. The molecule has 0 bridgehead atoms. The van der Waals surface area contributed by atoms with E-state index in [2.05, 4.69) is 5.32 Å². The number of benzene rings is 1. The van der Waals surface area contributed by atoms with Gasteiger partial charge in [0.25, 0.3) is 0 Å². The summed E-state index contributed by atoms with van der Waals surface area (Å²) in [4.78, 5) is 0. The van der Waals surface area contributed by atoms with Crippen molar-refractivity contribution in [1.29, 1.82) is 5.26 Å². The standard InChI is InChI=1S/C12H13F3N2.C2H6/c1-8(2)17-11(12(13,14)15)10-5-3-9(7-16)4-6-10;1-2/h3-6,8,11,17H,1-2H3;1-2H3. The van der Waals surface area contributed by atoms with Gasteiger partial charge in [0.2, 0.25) is 0 Å². The first-order valence-corrected chi connectivity index (χ1v) is 6.17. The van der Waals surface area contributed by atoms with Crippen molar-refractivity contribution in [3.8, 4) is 6.07 Å². The number of hydrogen-bond donors (Lipinski definition) is 1. The highest BCUT2D eigenvalue weighted by molar-refractivity contribution is 5.33. The van der Waals surface area contributed by atoms with Crippen molar-refractivity contribution in [2.75, 3.05) is 0 Å². The van der Waals surface area contributed by atoms with Crippen molar-refractivity contribution in [3.63, 3.8) is 0 Å². The number of nitrogens with one attached hydrogen (secondary N) is 1. The maximum absolute atomic E-state index is 12.8. The quantitative estimate of drug-likeness (QED) is 0.895. The van der Waals surface area contributed by atoms with Gasteiger partial charge in [-0.2, -0.15) is 18.4 Å². The molecule has 0 aliphatic heterocycles. The van der Waals surface area contributed by atoms with Gasteiger partial charge in [-0.25, -0.2) is 0 Å². The van der Waals surface area contributed by atoms with Crippen LogP contribution < -0.4 is 5.32 Å². The zero-order chi connectivity index (χ0) is 15.1. The smallest absolute Gasteiger partial charge is 0.300 e. The Morgan fingerprint density at radius 2 is 1.58 bits per heavy atom. The minimum atomic E-state index is -4.35. The van der Waals surface area contributed by atoms with Gasteiger partial charge in [0.05, 0.1) is 11.6 Å². The summed E-state index contributed by atoms with van der Waals surface area (Å²) in [5.41, 5.74) is 0.462. The Morgan fingerprint density at radius 3 is 1.89 bits per heavy atom. The molecule has 1 aromatic carbocycles. The molecule has 1 rings (SSSR count). The van der Waals surface area contributed by atoms with Gasteiger partial charge in [-0.05, 0) is 17.7 Å². The lowest BCUT2D eigenvalue weighted by Crippen LogP contribution is -2.38. The summed E-state index contributed by atoms with van der Waals surface area (Å²) in [6.45, 7) is 7.31. The van der Waals surface area contributed by atoms with E-state index >= 15 is 0 Å². The molecule has 0 spiro atoms. The maximum atomic E-state index is 12.8. The highest BCUT2D eigenvalue weighted by Crippen LogP contribution is 2.33. The summed E-state index contributed by atoms with van der Waals surface area (Å²) in [7, 11) is 0. The van der Waals surface area contributed by atoms with Gasteiger partial charge in [0.1, 0.15) is 6.04 Å². The second-order valence-electron chi connectivity index (χ2n) is 4.03. The van der Waals surface area contributed by atoms with Crippen LogP contribution in [0, 0.1) is 11.3 Å². The van der Waals surface area contributed by atoms with Crippen LogP contribution in [0.2, 0.25) is 0 Å². The van der Waals surface area contributed by atoms with Crippen LogP contribution in [0.25, 0.3) is 0 Å². The lowest BCUT2D eigenvalue weighted by atomic mass is 10.0. The molecule has 0 aliphatic carbocycles. The van der Waals surface area contributed by atoms with Gasteiger partial charge in [-0.3, -0.25) is 0 Å². The van der Waals surface area contributed by atoms with E-state index in [0.717, 1.165) is 0 Å². The summed E-state index contributed by atoms with van der Waals surface area (Å²) in [5.74, 6) is 0. The van der Waals surface area contributed by atoms with Gasteiger partial charge in [0.15, 0.2) is 0 Å². The molecule has 19 heavy (non-hydrogen) atoms. The van der Waals surface area contributed by atoms with Crippen molar-refractivity contribution >= 4 is 0 Å². The molecule has 0 saturated heterocycles. The van der Waals surface area contributed by atoms with E-state index in [4.69, 9.17) is 5.26 Å². The Morgan fingerprint density at radius 1 is 1.11 bits per heavy atom. The van der Waals surface area contributed by atoms with Crippen LogP contribution in [0.4, 0.5) is 13.2 Å². The van der Waals surface area contributed by atoms with E-state index in [1.807, 2.05) is 19.9 Å². The van der Waals surface area contributed by atoms with Gasteiger partial charge >= 0.3 is 6.18 Å². The fourth-order valence-corrected chi connectivity index (χ4v) is 1.46. The topological polar surface area (TPSA) is 35.8 Å². The summed E-state index contributed by atoms with van der Waals surface area (Å²) >= 11 is 0. The summed E-state index contributed by atoms with van der Waals surface area (Å²) in [6.07, 6.45) is -4.35. The average molecular weight is 272 g/mol. The second-order valence-corrected chi connectivity index (χ2v) is 4.03. The Bertz CT molecular complexity index is 402. The number of hydrogen-bond acceptors (Lipinski definition) is 2. The van der Waals surface area contributed by atoms with Gasteiger partial charge in [-0.1, -0.05) is 39.8 Å². The zero-order valence-corrected chi connectivity index (χ0v) is 11.5. The second kappa shape index (κ2) is 7.80. The van der Waals surface area contributed by atoms with E-state index in [0.29, 0.717) is 5.56 Å². The highest BCUT2D eigenvalue weighted by atomic mass is 19.4. The van der Waals surface area contributed by atoms with Crippen LogP contribution in [-0.2, 0) is 0 Å². The van der Waals surface area contributed by atoms with Gasteiger partial charge < -0.3 is 5.32 Å². The lowest BCUT2D eigenvalue weighted by Gasteiger charge is -2.24. The van der Waals surface area contributed by atoms with Crippen molar-refractivity contribution in [1.82, 2.24) is 5.32 Å². The number of nitriles is 1. The molecule has 0 saturated carbocycles. The number of alkyl halides is 3. The minimum Gasteiger partial charge on any atom is -0.300 e. The normalized spacial score (nSPS) is 12.4. The van der Waals surface area contributed by atoms with Crippen molar-refractivity contribution in [3.05, 3.63) is 35.4 Å². The molecule has 0 aliphatic rings. The fourth-order valence-electron chi connectivity index (χ4n) is 1.46. The molecule has 0 amide bonds. The van der Waals surface area contributed by atoms with E-state index in [1.54, 1.807) is 13.8 Å². The lowest BCUT2D eigenvalue weighted by molar-refractivity contribution is -0.159. The molecule has 1 atom stereocenters. The number of rotatable bonds is 3. The van der Waals surface area contributed by atoms with Crippen molar-refractivity contribution in [2.24, 2.45) is 0 Å². The third-order valence-corrected chi connectivity index (χ3v) is 2.20. The van der Waals surface area contributed by atoms with E-state index in [-0.39, 0.29) is 11.6 Å². The molecule has 0 aromatic heterocycles. The van der Waals surface area contributed by atoms with E-state index in [1.165, 1.54) is 24.3 Å². The third-order valence-electron chi connectivity index (χ3n) is 2.20. The molecule has 0 heterocycles. The summed E-state index contributed by atoms with van der Waals surface area (Å²) in [6, 6.07) is 5.31. The van der Waals surface area contributed by atoms with Crippen LogP contribution in [-0.4, -0.2) is 12.2 Å². The van der Waals surface area contributed by atoms with E-state index < -0.39 is 12.2 Å². The Balaban J connectivity index is 0.00000154. The van der Waals surface area contributed by atoms with Crippen LogP contribution in [0.15, 0.2) is 24.3 Å². The highest BCUT2D eigenvalue weighted by Gasteiger charge is 2.40. The molecule has 0 fully saturated rings. The van der Waals surface area contributed by atoms with Crippen LogP contribution in [0.3, 0.4) is 0 Å². The molecular formula is C14H19F3N2. The van der Waals surface area contributed by atoms with Crippen LogP contribution in [0.5, 0.6) is 0 Å². The van der Waals surface area contributed by atoms with Crippen molar-refractivity contribution < 1.29 is 13.2 Å². The monoisotopic (exact) mass is 272 g/mol. The van der Waals surface area contributed by atoms with Crippen molar-refractivity contribution in [2.45, 2.75) is 46.0 Å². The molecular weight excluding hydrogens is 253 g/mol. The largest absolute Gasteiger partial charge is 0.407 e.